The fourth-order valence-electron chi connectivity index (χ4n) is 1.99. The molecule has 1 aliphatic rings. The maximum Gasteiger partial charge on any atom is 0.339 e. The number of carbonyl (C=O) groups is 1. The number of carboxylic acids is 1. The van der Waals surface area contributed by atoms with E-state index in [1.54, 1.807) is 18.3 Å². The number of anilines is 1. The molecule has 5 heteroatoms. The summed E-state index contributed by atoms with van der Waals surface area (Å²) in [5.41, 5.74) is 0.261. The number of nitrogens with one attached hydrogen (secondary N) is 1. The lowest BCUT2D eigenvalue weighted by Crippen LogP contribution is -2.35. The number of aromatic carboxylic acids is 1. The molecule has 1 saturated heterocycles. The Morgan fingerprint density at radius 2 is 2.50 bits per heavy atom. The van der Waals surface area contributed by atoms with Gasteiger partial charge in [-0.25, -0.2) is 9.78 Å². The Hall–Kier alpha value is -1.62. The molecule has 0 amide bonds. The van der Waals surface area contributed by atoms with Crippen molar-refractivity contribution >= 4 is 11.8 Å². The van der Waals surface area contributed by atoms with E-state index < -0.39 is 5.97 Å². The van der Waals surface area contributed by atoms with Gasteiger partial charge in [-0.3, -0.25) is 0 Å². The van der Waals surface area contributed by atoms with Gasteiger partial charge in [0.1, 0.15) is 11.4 Å². The molecule has 1 atom stereocenters. The van der Waals surface area contributed by atoms with Crippen molar-refractivity contribution in [3.8, 4) is 0 Å². The molecule has 2 N–H and O–H groups in total. The van der Waals surface area contributed by atoms with Crippen molar-refractivity contribution < 1.29 is 9.90 Å². The SMILES string of the molecule is CN(c1ncccc1C(=O)O)[C@@H]1CCNC1. The molecule has 2 rings (SSSR count). The molecule has 0 aliphatic carbocycles. The van der Waals surface area contributed by atoms with Crippen molar-refractivity contribution in [1.82, 2.24) is 10.3 Å². The molecule has 0 radical (unpaired) electrons. The van der Waals surface area contributed by atoms with Crippen molar-refractivity contribution in [2.45, 2.75) is 12.5 Å². The Bertz CT molecular complexity index is 389. The average Bonchev–Trinajstić information content (AvgIpc) is 2.81. The highest BCUT2D eigenvalue weighted by Crippen LogP contribution is 2.20. The van der Waals surface area contributed by atoms with Gasteiger partial charge in [0.2, 0.25) is 0 Å². The lowest BCUT2D eigenvalue weighted by Gasteiger charge is -2.25. The molecule has 16 heavy (non-hydrogen) atoms. The van der Waals surface area contributed by atoms with E-state index in [2.05, 4.69) is 10.3 Å². The molecular formula is C11H15N3O2. The second-order valence-electron chi connectivity index (χ2n) is 3.94. The van der Waals surface area contributed by atoms with E-state index in [1.807, 2.05) is 11.9 Å². The topological polar surface area (TPSA) is 65.5 Å². The van der Waals surface area contributed by atoms with Crippen LogP contribution in [0, 0.1) is 0 Å². The Morgan fingerprint density at radius 3 is 3.12 bits per heavy atom. The maximum atomic E-state index is 11.1. The van der Waals surface area contributed by atoms with Crippen LogP contribution in [0.15, 0.2) is 18.3 Å². The largest absolute Gasteiger partial charge is 0.478 e. The van der Waals surface area contributed by atoms with Crippen molar-refractivity contribution in [2.75, 3.05) is 25.0 Å². The molecule has 0 bridgehead atoms. The first-order chi connectivity index (χ1) is 7.70. The summed E-state index contributed by atoms with van der Waals surface area (Å²) in [5, 5.41) is 12.3. The Labute approximate surface area is 94.1 Å². The van der Waals surface area contributed by atoms with Crippen LogP contribution in [0.3, 0.4) is 0 Å². The normalized spacial score (nSPS) is 19.7. The minimum Gasteiger partial charge on any atom is -0.478 e. The molecule has 86 valence electrons. The van der Waals surface area contributed by atoms with Gasteiger partial charge in [-0.1, -0.05) is 0 Å². The van der Waals surface area contributed by atoms with E-state index >= 15 is 0 Å². The zero-order valence-corrected chi connectivity index (χ0v) is 9.18. The highest BCUT2D eigenvalue weighted by atomic mass is 16.4. The summed E-state index contributed by atoms with van der Waals surface area (Å²) < 4.78 is 0. The van der Waals surface area contributed by atoms with E-state index in [0.29, 0.717) is 11.9 Å². The van der Waals surface area contributed by atoms with Crippen LogP contribution >= 0.6 is 0 Å². The Morgan fingerprint density at radius 1 is 1.69 bits per heavy atom. The fraction of sp³-hybridized carbons (Fsp3) is 0.455. The first kappa shape index (κ1) is 10.9. The van der Waals surface area contributed by atoms with Crippen LogP contribution in [0.5, 0.6) is 0 Å². The van der Waals surface area contributed by atoms with E-state index in [0.717, 1.165) is 19.5 Å². The maximum absolute atomic E-state index is 11.1. The van der Waals surface area contributed by atoms with Crippen molar-refractivity contribution in [3.63, 3.8) is 0 Å². The van der Waals surface area contributed by atoms with Gasteiger partial charge in [-0.2, -0.15) is 0 Å². The first-order valence-electron chi connectivity index (χ1n) is 5.32. The molecule has 1 aliphatic heterocycles. The number of carboxylic acid groups (broad SMARTS) is 1. The average molecular weight is 221 g/mol. The number of pyridine rings is 1. The molecule has 0 aromatic carbocycles. The highest BCUT2D eigenvalue weighted by molar-refractivity contribution is 5.93. The molecule has 0 unspecified atom stereocenters. The van der Waals surface area contributed by atoms with Crippen molar-refractivity contribution in [3.05, 3.63) is 23.9 Å². The predicted octanol–water partition coefficient (Wildman–Crippen LogP) is 0.578. The van der Waals surface area contributed by atoms with Crippen LogP contribution in [0.2, 0.25) is 0 Å². The summed E-state index contributed by atoms with van der Waals surface area (Å²) >= 11 is 0. The van der Waals surface area contributed by atoms with Gasteiger partial charge in [0, 0.05) is 25.8 Å². The molecule has 2 heterocycles. The number of aromatic nitrogens is 1. The second kappa shape index (κ2) is 4.49. The van der Waals surface area contributed by atoms with Crippen molar-refractivity contribution in [2.24, 2.45) is 0 Å². The fourth-order valence-corrected chi connectivity index (χ4v) is 1.99. The monoisotopic (exact) mass is 221 g/mol. The van der Waals surface area contributed by atoms with Gasteiger partial charge in [0.25, 0.3) is 0 Å². The summed E-state index contributed by atoms with van der Waals surface area (Å²) in [6, 6.07) is 3.56. The quantitative estimate of drug-likeness (QED) is 0.781. The van der Waals surface area contributed by atoms with Crippen LogP contribution in [0.25, 0.3) is 0 Å². The molecule has 1 fully saturated rings. The van der Waals surface area contributed by atoms with Crippen LogP contribution in [0.1, 0.15) is 16.8 Å². The molecule has 0 saturated carbocycles. The molecule has 0 spiro atoms. The molecule has 1 aromatic heterocycles. The van der Waals surface area contributed by atoms with Crippen LogP contribution < -0.4 is 10.2 Å². The number of likely N-dealkylation sites (N-methyl/N-ethyl adjacent to an activating group) is 1. The smallest absolute Gasteiger partial charge is 0.339 e. The summed E-state index contributed by atoms with van der Waals surface area (Å²) in [5.74, 6) is -0.385. The first-order valence-corrected chi connectivity index (χ1v) is 5.32. The third kappa shape index (κ3) is 1.99. The number of hydrogen-bond acceptors (Lipinski definition) is 4. The summed E-state index contributed by atoms with van der Waals surface area (Å²) in [6.07, 6.45) is 2.65. The van der Waals surface area contributed by atoms with Gasteiger partial charge in [-0.15, -0.1) is 0 Å². The van der Waals surface area contributed by atoms with Crippen LogP contribution in [-0.4, -0.2) is 42.2 Å². The number of nitrogens with zero attached hydrogens (tertiary/aromatic N) is 2. The number of rotatable bonds is 3. The van der Waals surface area contributed by atoms with Gasteiger partial charge < -0.3 is 15.3 Å². The Balaban J connectivity index is 2.27. The minimum atomic E-state index is -0.930. The Kier molecular flexibility index (Phi) is 3.05. The van der Waals surface area contributed by atoms with E-state index in [-0.39, 0.29) is 5.56 Å². The molecular weight excluding hydrogens is 206 g/mol. The second-order valence-corrected chi connectivity index (χ2v) is 3.94. The standard InChI is InChI=1S/C11H15N3O2/c1-14(8-4-6-12-7-8)10-9(11(15)16)3-2-5-13-10/h2-3,5,8,12H,4,6-7H2,1H3,(H,15,16)/t8-/m1/s1. The number of hydrogen-bond donors (Lipinski definition) is 2. The van der Waals surface area contributed by atoms with Gasteiger partial charge in [0.05, 0.1) is 0 Å². The summed E-state index contributed by atoms with van der Waals surface area (Å²) in [4.78, 5) is 17.2. The molecule has 5 nitrogen and oxygen atoms in total. The van der Waals surface area contributed by atoms with Gasteiger partial charge >= 0.3 is 5.97 Å². The van der Waals surface area contributed by atoms with Crippen molar-refractivity contribution in [1.29, 1.82) is 0 Å². The lowest BCUT2D eigenvalue weighted by atomic mass is 10.2. The molecule has 1 aromatic rings. The van der Waals surface area contributed by atoms with E-state index in [1.165, 1.54) is 0 Å². The summed E-state index contributed by atoms with van der Waals surface area (Å²) in [6.45, 7) is 1.86. The van der Waals surface area contributed by atoms with Gasteiger partial charge in [-0.05, 0) is 25.1 Å². The van der Waals surface area contributed by atoms with E-state index in [4.69, 9.17) is 5.11 Å². The third-order valence-electron chi connectivity index (χ3n) is 2.93. The zero-order chi connectivity index (χ0) is 11.5. The lowest BCUT2D eigenvalue weighted by molar-refractivity contribution is 0.0697. The van der Waals surface area contributed by atoms with E-state index in [9.17, 15) is 4.79 Å². The minimum absolute atomic E-state index is 0.261. The predicted molar refractivity (Wildman–Crippen MR) is 60.9 cm³/mol. The van der Waals surface area contributed by atoms with Crippen LogP contribution in [-0.2, 0) is 0 Å². The zero-order valence-electron chi connectivity index (χ0n) is 9.18. The third-order valence-corrected chi connectivity index (χ3v) is 2.93. The highest BCUT2D eigenvalue weighted by Gasteiger charge is 2.23. The summed E-state index contributed by atoms with van der Waals surface area (Å²) in [7, 11) is 1.90. The van der Waals surface area contributed by atoms with Crippen LogP contribution in [0.4, 0.5) is 5.82 Å². The van der Waals surface area contributed by atoms with Gasteiger partial charge in [0.15, 0.2) is 0 Å².